The van der Waals surface area contributed by atoms with E-state index in [2.05, 4.69) is 4.90 Å². The summed E-state index contributed by atoms with van der Waals surface area (Å²) in [5.74, 6) is -0.848. The molecule has 110 valence electrons. The third kappa shape index (κ3) is 3.08. The van der Waals surface area contributed by atoms with E-state index in [1.807, 2.05) is 0 Å². The van der Waals surface area contributed by atoms with Gasteiger partial charge in [-0.15, -0.1) is 0 Å². The second-order valence-corrected chi connectivity index (χ2v) is 5.14. The van der Waals surface area contributed by atoms with Crippen LogP contribution in [0.5, 0.6) is 5.75 Å². The minimum atomic E-state index is -1.40. The molecule has 2 rings (SSSR count). The first-order valence-corrected chi connectivity index (χ1v) is 6.52. The molecule has 1 heterocycles. The highest BCUT2D eigenvalue weighted by molar-refractivity contribution is 5.83. The monoisotopic (exact) mass is 282 g/mol. The minimum absolute atomic E-state index is 0.218. The molecule has 0 aliphatic carbocycles. The minimum Gasteiger partial charge on any atom is -0.494 e. The highest BCUT2D eigenvalue weighted by atomic mass is 19.1. The van der Waals surface area contributed by atoms with E-state index in [1.54, 1.807) is 12.1 Å². The Kier molecular flexibility index (Phi) is 4.25. The van der Waals surface area contributed by atoms with E-state index in [1.165, 1.54) is 13.2 Å². The van der Waals surface area contributed by atoms with Gasteiger partial charge in [0.2, 0.25) is 5.91 Å². The van der Waals surface area contributed by atoms with Crippen molar-refractivity contribution in [1.82, 2.24) is 4.90 Å². The maximum atomic E-state index is 13.6. The maximum Gasteiger partial charge on any atom is 0.249 e. The third-order valence-corrected chi connectivity index (χ3v) is 3.76. The fourth-order valence-electron chi connectivity index (χ4n) is 2.39. The van der Waals surface area contributed by atoms with E-state index < -0.39 is 17.3 Å². The average molecular weight is 282 g/mol. The number of hydrogen-bond acceptors (Lipinski definition) is 4. The fourth-order valence-corrected chi connectivity index (χ4v) is 2.39. The summed E-state index contributed by atoms with van der Waals surface area (Å²) in [6.07, 6.45) is 0.613. The van der Waals surface area contributed by atoms with Crippen molar-refractivity contribution < 1.29 is 19.0 Å². The molecule has 0 saturated carbocycles. The van der Waals surface area contributed by atoms with Gasteiger partial charge in [0, 0.05) is 19.6 Å². The highest BCUT2D eigenvalue weighted by Gasteiger charge is 2.37. The Balaban J connectivity index is 1.96. The molecular formula is C14H19FN2O3. The summed E-state index contributed by atoms with van der Waals surface area (Å²) in [4.78, 5) is 13.2. The molecule has 1 aliphatic heterocycles. The molecule has 0 aromatic heterocycles. The van der Waals surface area contributed by atoms with Crippen molar-refractivity contribution in [3.05, 3.63) is 29.6 Å². The van der Waals surface area contributed by atoms with Crippen LogP contribution in [0.1, 0.15) is 18.4 Å². The Morgan fingerprint density at radius 2 is 2.15 bits per heavy atom. The summed E-state index contributed by atoms with van der Waals surface area (Å²) >= 11 is 0. The van der Waals surface area contributed by atoms with Crippen LogP contribution in [-0.4, -0.2) is 41.7 Å². The van der Waals surface area contributed by atoms with Gasteiger partial charge in [-0.25, -0.2) is 4.39 Å². The SMILES string of the molecule is COc1ccc(CN2CCC(O)(C(N)=O)CC2)cc1F. The van der Waals surface area contributed by atoms with E-state index in [4.69, 9.17) is 10.5 Å². The number of halogens is 1. The van der Waals surface area contributed by atoms with Gasteiger partial charge >= 0.3 is 0 Å². The molecule has 1 saturated heterocycles. The highest BCUT2D eigenvalue weighted by Crippen LogP contribution is 2.24. The van der Waals surface area contributed by atoms with Gasteiger partial charge in [0.1, 0.15) is 5.60 Å². The van der Waals surface area contributed by atoms with Crippen LogP contribution in [0, 0.1) is 5.82 Å². The number of benzene rings is 1. The van der Waals surface area contributed by atoms with Gasteiger partial charge in [-0.05, 0) is 30.5 Å². The van der Waals surface area contributed by atoms with Crippen LogP contribution in [0.3, 0.4) is 0 Å². The van der Waals surface area contributed by atoms with E-state index in [-0.39, 0.29) is 5.75 Å². The summed E-state index contributed by atoms with van der Waals surface area (Å²) in [5.41, 5.74) is 4.61. The lowest BCUT2D eigenvalue weighted by molar-refractivity contribution is -0.141. The van der Waals surface area contributed by atoms with Crippen LogP contribution in [0.25, 0.3) is 0 Å². The fraction of sp³-hybridized carbons (Fsp3) is 0.500. The number of nitrogens with zero attached hydrogens (tertiary/aromatic N) is 1. The topological polar surface area (TPSA) is 75.8 Å². The van der Waals surface area contributed by atoms with Gasteiger partial charge in [-0.3, -0.25) is 9.69 Å². The number of amides is 1. The Hall–Kier alpha value is -1.66. The van der Waals surface area contributed by atoms with Crippen molar-refractivity contribution in [2.75, 3.05) is 20.2 Å². The largest absolute Gasteiger partial charge is 0.494 e. The summed E-state index contributed by atoms with van der Waals surface area (Å²) in [6, 6.07) is 4.83. The molecule has 1 aromatic carbocycles. The third-order valence-electron chi connectivity index (χ3n) is 3.76. The van der Waals surface area contributed by atoms with Crippen LogP contribution in [0.15, 0.2) is 18.2 Å². The van der Waals surface area contributed by atoms with Gasteiger partial charge < -0.3 is 15.6 Å². The molecule has 0 radical (unpaired) electrons. The van der Waals surface area contributed by atoms with Gasteiger partial charge in [-0.1, -0.05) is 6.07 Å². The summed E-state index contributed by atoms with van der Waals surface area (Å²) < 4.78 is 18.5. The lowest BCUT2D eigenvalue weighted by Crippen LogP contribution is -2.51. The van der Waals surface area contributed by atoms with Crippen LogP contribution >= 0.6 is 0 Å². The van der Waals surface area contributed by atoms with Crippen molar-refractivity contribution in [3.63, 3.8) is 0 Å². The molecule has 3 N–H and O–H groups in total. The summed E-state index contributed by atoms with van der Waals surface area (Å²) in [5, 5.41) is 9.97. The number of hydrogen-bond donors (Lipinski definition) is 2. The molecule has 0 spiro atoms. The van der Waals surface area contributed by atoms with Crippen LogP contribution in [0.2, 0.25) is 0 Å². The number of nitrogens with two attached hydrogens (primary N) is 1. The number of rotatable bonds is 4. The van der Waals surface area contributed by atoms with Crippen molar-refractivity contribution in [2.24, 2.45) is 5.73 Å². The molecular weight excluding hydrogens is 263 g/mol. The lowest BCUT2D eigenvalue weighted by atomic mass is 9.90. The van der Waals surface area contributed by atoms with Gasteiger partial charge in [0.25, 0.3) is 0 Å². The van der Waals surface area contributed by atoms with E-state index in [0.29, 0.717) is 32.5 Å². The van der Waals surface area contributed by atoms with Gasteiger partial charge in [0.05, 0.1) is 7.11 Å². The molecule has 0 atom stereocenters. The lowest BCUT2D eigenvalue weighted by Gasteiger charge is -2.36. The quantitative estimate of drug-likeness (QED) is 0.850. The molecule has 1 fully saturated rings. The number of methoxy groups -OCH3 is 1. The molecule has 6 heteroatoms. The van der Waals surface area contributed by atoms with Crippen molar-refractivity contribution in [1.29, 1.82) is 0 Å². The molecule has 0 bridgehead atoms. The molecule has 0 unspecified atom stereocenters. The zero-order chi connectivity index (χ0) is 14.8. The predicted molar refractivity (Wildman–Crippen MR) is 71.6 cm³/mol. The number of piperidine rings is 1. The first-order valence-electron chi connectivity index (χ1n) is 6.52. The number of carbonyl (C=O) groups is 1. The normalized spacial score (nSPS) is 18.8. The predicted octanol–water partition coefficient (Wildman–Crippen LogP) is 0.646. The maximum absolute atomic E-state index is 13.6. The van der Waals surface area contributed by atoms with E-state index in [9.17, 15) is 14.3 Å². The molecule has 1 amide bonds. The Morgan fingerprint density at radius 3 is 2.65 bits per heavy atom. The van der Waals surface area contributed by atoms with Crippen molar-refractivity contribution in [2.45, 2.75) is 25.0 Å². The molecule has 20 heavy (non-hydrogen) atoms. The van der Waals surface area contributed by atoms with Crippen LogP contribution in [-0.2, 0) is 11.3 Å². The smallest absolute Gasteiger partial charge is 0.249 e. The van der Waals surface area contributed by atoms with Crippen molar-refractivity contribution in [3.8, 4) is 5.75 Å². The van der Waals surface area contributed by atoms with Gasteiger partial charge in [-0.2, -0.15) is 0 Å². The zero-order valence-electron chi connectivity index (χ0n) is 11.4. The molecule has 1 aliphatic rings. The number of likely N-dealkylation sites (tertiary alicyclic amines) is 1. The number of primary amides is 1. The second kappa shape index (κ2) is 5.76. The Morgan fingerprint density at radius 1 is 1.50 bits per heavy atom. The van der Waals surface area contributed by atoms with E-state index >= 15 is 0 Å². The number of ether oxygens (including phenoxy) is 1. The summed E-state index contributed by atoms with van der Waals surface area (Å²) in [7, 11) is 1.42. The van der Waals surface area contributed by atoms with Crippen molar-refractivity contribution >= 4 is 5.91 Å². The average Bonchev–Trinajstić information content (AvgIpc) is 2.42. The number of carbonyl (C=O) groups excluding carboxylic acids is 1. The summed E-state index contributed by atoms with van der Waals surface area (Å²) in [6.45, 7) is 1.66. The standard InChI is InChI=1S/C14H19FN2O3/c1-20-12-3-2-10(8-11(12)15)9-17-6-4-14(19,5-7-17)13(16)18/h2-3,8,19H,4-7,9H2,1H3,(H2,16,18). The Bertz CT molecular complexity index is 499. The first kappa shape index (κ1) is 14.7. The number of aliphatic hydroxyl groups is 1. The van der Waals surface area contributed by atoms with E-state index in [0.717, 1.165) is 5.56 Å². The zero-order valence-corrected chi connectivity index (χ0v) is 11.4. The second-order valence-electron chi connectivity index (χ2n) is 5.14. The van der Waals surface area contributed by atoms with Gasteiger partial charge in [0.15, 0.2) is 11.6 Å². The molecule has 5 nitrogen and oxygen atoms in total. The molecule has 1 aromatic rings. The van der Waals surface area contributed by atoms with Crippen LogP contribution < -0.4 is 10.5 Å². The Labute approximate surface area is 117 Å². The first-order chi connectivity index (χ1) is 9.44. The van der Waals surface area contributed by atoms with Crippen LogP contribution in [0.4, 0.5) is 4.39 Å².